The van der Waals surface area contributed by atoms with E-state index < -0.39 is 21.5 Å². The van der Waals surface area contributed by atoms with Gasteiger partial charge in [0.1, 0.15) is 16.7 Å². The van der Waals surface area contributed by atoms with Gasteiger partial charge in [-0.15, -0.1) is 0 Å². The van der Waals surface area contributed by atoms with E-state index in [1.807, 2.05) is 12.1 Å². The van der Waals surface area contributed by atoms with Crippen LogP contribution >= 0.6 is 33.2 Å². The summed E-state index contributed by atoms with van der Waals surface area (Å²) in [6, 6.07) is 3.97. The summed E-state index contributed by atoms with van der Waals surface area (Å²) in [5.74, 6) is 0.511. The van der Waals surface area contributed by atoms with E-state index >= 15 is 0 Å². The van der Waals surface area contributed by atoms with E-state index in [1.54, 1.807) is 0 Å². The van der Waals surface area contributed by atoms with Crippen LogP contribution in [0.25, 0.3) is 11.0 Å². The number of halogens is 1. The third-order valence-corrected chi connectivity index (χ3v) is 4.29. The summed E-state index contributed by atoms with van der Waals surface area (Å²) in [5.41, 5.74) is 3.50. The Bertz CT molecular complexity index is 558. The Morgan fingerprint density at radius 1 is 1.44 bits per heavy atom. The highest BCUT2D eigenvalue weighted by Crippen LogP contribution is 2.34. The van der Waals surface area contributed by atoms with Gasteiger partial charge >= 0.3 is 21.5 Å². The number of hydrogen-bond acceptors (Lipinski definition) is 5. The Balaban J connectivity index is 2.61. The molecule has 1 aromatic carbocycles. The summed E-state index contributed by atoms with van der Waals surface area (Å²) in [5, 5.41) is 0. The third-order valence-electron chi connectivity index (χ3n) is 2.51. The lowest BCUT2D eigenvalue weighted by Crippen LogP contribution is -2.12. The molecule has 1 aromatic heterocycles. The van der Waals surface area contributed by atoms with Crippen molar-refractivity contribution >= 4 is 49.9 Å². The second-order valence-corrected chi connectivity index (χ2v) is 6.10. The summed E-state index contributed by atoms with van der Waals surface area (Å²) >= 11 is -0.277. The Hall–Kier alpha value is -0.670. The maximum absolute atomic E-state index is 11.3. The number of rotatable bonds is 5. The molecule has 18 heavy (non-hydrogen) atoms. The lowest BCUT2D eigenvalue weighted by molar-refractivity contribution is 0.235. The van der Waals surface area contributed by atoms with Crippen LogP contribution in [0, 0.1) is 5.92 Å². The van der Waals surface area contributed by atoms with Gasteiger partial charge in [0.25, 0.3) is 0 Å². The van der Waals surface area contributed by atoms with Crippen molar-refractivity contribution in [3.05, 3.63) is 17.7 Å². The van der Waals surface area contributed by atoms with Crippen LogP contribution in [0.3, 0.4) is 0 Å². The van der Waals surface area contributed by atoms with Gasteiger partial charge in [-0.05, 0) is 24.0 Å². The largest absolute Gasteiger partial charge is 0.300 e. The molecule has 0 saturated heterocycles. The molecule has 0 aliphatic heterocycles. The first-order valence-corrected chi connectivity index (χ1v) is 8.10. The van der Waals surface area contributed by atoms with Crippen molar-refractivity contribution in [2.75, 3.05) is 10.4 Å². The summed E-state index contributed by atoms with van der Waals surface area (Å²) in [6.45, 7) is 4.30. The molecule has 0 saturated carbocycles. The van der Waals surface area contributed by atoms with Crippen LogP contribution < -0.4 is 3.28 Å². The molecule has 0 spiro atoms. The number of hydrogen-bond donors (Lipinski definition) is 0. The molecular weight excluding hydrogens is 365 g/mol. The molecule has 0 aliphatic rings. The SMILES string of the molecule is CON(I=O)c1c(CC(C)C)ccc2nsnc12. The Morgan fingerprint density at radius 2 is 2.22 bits per heavy atom. The highest BCUT2D eigenvalue weighted by Gasteiger charge is 2.18. The maximum Gasteiger partial charge on any atom is 0.300 e. The molecule has 1 heterocycles. The van der Waals surface area contributed by atoms with Crippen LogP contribution in [-0.2, 0) is 14.3 Å². The maximum atomic E-state index is 11.3. The van der Waals surface area contributed by atoms with E-state index in [-0.39, 0.29) is 0 Å². The van der Waals surface area contributed by atoms with Gasteiger partial charge in [-0.3, -0.25) is 4.84 Å². The highest BCUT2D eigenvalue weighted by molar-refractivity contribution is 14.1. The van der Waals surface area contributed by atoms with Crippen LogP contribution in [0.4, 0.5) is 5.69 Å². The zero-order chi connectivity index (χ0) is 13.1. The summed E-state index contributed by atoms with van der Waals surface area (Å²) in [7, 11) is 1.52. The zero-order valence-electron chi connectivity index (χ0n) is 10.4. The summed E-state index contributed by atoms with van der Waals surface area (Å²) in [6.07, 6.45) is 0.895. The molecule has 0 atom stereocenters. The molecule has 0 bridgehead atoms. The molecule has 0 radical (unpaired) electrons. The van der Waals surface area contributed by atoms with E-state index in [0.717, 1.165) is 40.4 Å². The van der Waals surface area contributed by atoms with Crippen LogP contribution in [0.15, 0.2) is 12.1 Å². The van der Waals surface area contributed by atoms with E-state index in [2.05, 4.69) is 22.6 Å². The fourth-order valence-electron chi connectivity index (χ4n) is 1.83. The number of nitrogens with zero attached hydrogens (tertiary/aromatic N) is 3. The molecule has 98 valence electrons. The van der Waals surface area contributed by atoms with Gasteiger partial charge in [-0.25, -0.2) is 3.07 Å². The smallest absolute Gasteiger partial charge is 0.265 e. The van der Waals surface area contributed by atoms with Crippen LogP contribution in [0.2, 0.25) is 0 Å². The van der Waals surface area contributed by atoms with Crippen LogP contribution in [0.5, 0.6) is 0 Å². The average molecular weight is 379 g/mol. The minimum Gasteiger partial charge on any atom is -0.265 e. The molecule has 0 aliphatic carbocycles. The van der Waals surface area contributed by atoms with Crippen molar-refractivity contribution in [1.82, 2.24) is 8.75 Å². The Labute approximate surface area is 120 Å². The van der Waals surface area contributed by atoms with E-state index in [0.29, 0.717) is 5.92 Å². The molecule has 0 fully saturated rings. The molecule has 7 heteroatoms. The van der Waals surface area contributed by atoms with Crippen molar-refractivity contribution < 1.29 is 7.91 Å². The van der Waals surface area contributed by atoms with Gasteiger partial charge in [0.05, 0.1) is 18.8 Å². The second-order valence-electron chi connectivity index (χ2n) is 4.30. The lowest BCUT2D eigenvalue weighted by atomic mass is 10.0. The predicted octanol–water partition coefficient (Wildman–Crippen LogP) is 3.49. The zero-order valence-corrected chi connectivity index (χ0v) is 13.4. The van der Waals surface area contributed by atoms with Crippen molar-refractivity contribution in [1.29, 1.82) is 0 Å². The van der Waals surface area contributed by atoms with Gasteiger partial charge < -0.3 is 0 Å². The molecule has 0 amide bonds. The first-order chi connectivity index (χ1) is 8.67. The number of benzene rings is 1. The monoisotopic (exact) mass is 379 g/mol. The average Bonchev–Trinajstić information content (AvgIpc) is 2.80. The van der Waals surface area contributed by atoms with E-state index in [1.165, 1.54) is 10.4 Å². The van der Waals surface area contributed by atoms with Crippen molar-refractivity contribution in [2.45, 2.75) is 20.3 Å². The third kappa shape index (κ3) is 2.67. The van der Waals surface area contributed by atoms with E-state index in [9.17, 15) is 3.07 Å². The van der Waals surface area contributed by atoms with Gasteiger partial charge in [-0.2, -0.15) is 12.0 Å². The summed E-state index contributed by atoms with van der Waals surface area (Å²) in [4.78, 5) is 5.19. The Kier molecular flexibility index (Phi) is 4.57. The van der Waals surface area contributed by atoms with Crippen LogP contribution in [0.1, 0.15) is 19.4 Å². The minimum absolute atomic E-state index is 0.511. The van der Waals surface area contributed by atoms with Crippen molar-refractivity contribution in [3.63, 3.8) is 0 Å². The fraction of sp³-hybridized carbons (Fsp3) is 0.455. The first kappa shape index (κ1) is 13.8. The number of anilines is 1. The van der Waals surface area contributed by atoms with Crippen LogP contribution in [-0.4, -0.2) is 15.9 Å². The summed E-state index contributed by atoms with van der Waals surface area (Å²) < 4.78 is 21.3. The highest BCUT2D eigenvalue weighted by atomic mass is 127. The first-order valence-electron chi connectivity index (χ1n) is 5.53. The molecule has 2 rings (SSSR count). The normalized spacial score (nSPS) is 11.3. The standard InChI is InChI=1S/C11H14IN3O2S/c1-7(2)6-8-4-5-9-10(14-18-13-9)11(8)15(12-16)17-3/h4-5,7H,6H2,1-3H3. The molecule has 0 unspecified atom stereocenters. The van der Waals surface area contributed by atoms with E-state index in [4.69, 9.17) is 4.84 Å². The minimum atomic E-state index is -1.44. The van der Waals surface area contributed by atoms with Crippen molar-refractivity contribution in [3.8, 4) is 0 Å². The number of fused-ring (bicyclic) bond motifs is 1. The van der Waals surface area contributed by atoms with Gasteiger partial charge in [0.2, 0.25) is 0 Å². The van der Waals surface area contributed by atoms with Gasteiger partial charge in [0, 0.05) is 0 Å². The van der Waals surface area contributed by atoms with Gasteiger partial charge in [0.15, 0.2) is 0 Å². The quantitative estimate of drug-likeness (QED) is 0.452. The molecule has 2 aromatic rings. The fourth-order valence-corrected chi connectivity index (χ4v) is 3.27. The molecular formula is C11H14IN3O2S. The lowest BCUT2D eigenvalue weighted by Gasteiger charge is -2.18. The molecule has 5 nitrogen and oxygen atoms in total. The predicted molar refractivity (Wildman–Crippen MR) is 80.2 cm³/mol. The van der Waals surface area contributed by atoms with Gasteiger partial charge in [-0.1, -0.05) is 19.9 Å². The molecule has 0 N–H and O–H groups in total. The Morgan fingerprint density at radius 3 is 2.83 bits per heavy atom. The topological polar surface area (TPSA) is 55.3 Å². The number of aromatic nitrogens is 2. The second kappa shape index (κ2) is 5.98. The van der Waals surface area contributed by atoms with Crippen molar-refractivity contribution in [2.24, 2.45) is 5.92 Å².